The molecule has 1 aromatic heterocycles. The van der Waals surface area contributed by atoms with Gasteiger partial charge in [-0.05, 0) is 30.5 Å². The molecule has 88 valence electrons. The number of carboxylic acids is 1. The predicted octanol–water partition coefficient (Wildman–Crippen LogP) is 3.39. The zero-order valence-corrected chi connectivity index (χ0v) is 11.3. The first-order valence-electron chi connectivity index (χ1n) is 5.07. The Kier molecular flexibility index (Phi) is 3.91. The van der Waals surface area contributed by atoms with Gasteiger partial charge in [-0.15, -0.1) is 11.3 Å². The van der Waals surface area contributed by atoms with Crippen molar-refractivity contribution in [3.05, 3.63) is 50.4 Å². The second-order valence-corrected chi connectivity index (χ2v) is 5.41. The zero-order chi connectivity index (χ0) is 12.3. The van der Waals surface area contributed by atoms with Crippen LogP contribution in [-0.4, -0.2) is 16.1 Å². The van der Waals surface area contributed by atoms with Gasteiger partial charge in [-0.1, -0.05) is 28.1 Å². The summed E-state index contributed by atoms with van der Waals surface area (Å²) in [6.07, 6.45) is 1.55. The van der Waals surface area contributed by atoms with Gasteiger partial charge in [0.15, 0.2) is 5.69 Å². The summed E-state index contributed by atoms with van der Waals surface area (Å²) in [6.45, 7) is 0. The molecule has 0 amide bonds. The molecule has 0 atom stereocenters. The van der Waals surface area contributed by atoms with E-state index < -0.39 is 5.97 Å². The summed E-state index contributed by atoms with van der Waals surface area (Å²) in [7, 11) is 0. The van der Waals surface area contributed by atoms with Crippen LogP contribution in [0.3, 0.4) is 0 Å². The van der Waals surface area contributed by atoms with Gasteiger partial charge in [-0.2, -0.15) is 0 Å². The Bertz CT molecular complexity index is 522. The number of hydrogen-bond donors (Lipinski definition) is 1. The van der Waals surface area contributed by atoms with Crippen LogP contribution in [0.15, 0.2) is 34.2 Å². The first kappa shape index (κ1) is 12.3. The molecule has 0 aliphatic carbocycles. The number of benzene rings is 1. The summed E-state index contributed by atoms with van der Waals surface area (Å²) in [5.74, 6) is -0.947. The molecule has 3 nitrogen and oxygen atoms in total. The van der Waals surface area contributed by atoms with Crippen LogP contribution in [0.2, 0.25) is 0 Å². The molecule has 1 N–H and O–H groups in total. The Labute approximate surface area is 111 Å². The highest BCUT2D eigenvalue weighted by Gasteiger charge is 2.12. The highest BCUT2D eigenvalue weighted by molar-refractivity contribution is 9.10. The lowest BCUT2D eigenvalue weighted by molar-refractivity contribution is 0.0690. The lowest BCUT2D eigenvalue weighted by Crippen LogP contribution is -2.01. The van der Waals surface area contributed by atoms with Crippen LogP contribution in [0.4, 0.5) is 0 Å². The lowest BCUT2D eigenvalue weighted by Gasteiger charge is -2.01. The van der Waals surface area contributed by atoms with Crippen LogP contribution >= 0.6 is 27.3 Å². The van der Waals surface area contributed by atoms with Crippen molar-refractivity contribution in [1.29, 1.82) is 0 Å². The second-order valence-electron chi connectivity index (χ2n) is 3.56. The maximum Gasteiger partial charge on any atom is 0.355 e. The van der Waals surface area contributed by atoms with Crippen LogP contribution in [0.1, 0.15) is 20.9 Å². The third-order valence-electron chi connectivity index (χ3n) is 2.40. The first-order chi connectivity index (χ1) is 8.16. The molecule has 2 rings (SSSR count). The molecule has 17 heavy (non-hydrogen) atoms. The molecule has 2 aromatic rings. The van der Waals surface area contributed by atoms with E-state index in [1.54, 1.807) is 5.51 Å². The van der Waals surface area contributed by atoms with E-state index >= 15 is 0 Å². The molecule has 0 aliphatic heterocycles. The molecular formula is C12H10BrNO2S. The Morgan fingerprint density at radius 1 is 1.29 bits per heavy atom. The smallest absolute Gasteiger partial charge is 0.355 e. The largest absolute Gasteiger partial charge is 0.476 e. The van der Waals surface area contributed by atoms with Gasteiger partial charge >= 0.3 is 5.97 Å². The van der Waals surface area contributed by atoms with Crippen LogP contribution in [0.5, 0.6) is 0 Å². The summed E-state index contributed by atoms with van der Waals surface area (Å²) >= 11 is 4.78. The molecule has 0 spiro atoms. The summed E-state index contributed by atoms with van der Waals surface area (Å²) in [6, 6.07) is 8.04. The molecule has 0 saturated carbocycles. The van der Waals surface area contributed by atoms with E-state index in [0.29, 0.717) is 6.42 Å². The van der Waals surface area contributed by atoms with Crippen LogP contribution in [0.25, 0.3) is 0 Å². The number of halogens is 1. The number of thiazole rings is 1. The molecular weight excluding hydrogens is 302 g/mol. The molecule has 0 bridgehead atoms. The minimum atomic E-state index is -0.947. The van der Waals surface area contributed by atoms with Crippen molar-refractivity contribution in [2.24, 2.45) is 0 Å². The molecule has 0 saturated heterocycles. The van der Waals surface area contributed by atoms with Crippen molar-refractivity contribution in [3.8, 4) is 0 Å². The fourth-order valence-electron chi connectivity index (χ4n) is 1.53. The van der Waals surface area contributed by atoms with Crippen molar-refractivity contribution in [2.45, 2.75) is 12.8 Å². The Morgan fingerprint density at radius 2 is 2.00 bits per heavy atom. The highest BCUT2D eigenvalue weighted by atomic mass is 79.9. The van der Waals surface area contributed by atoms with Crippen LogP contribution < -0.4 is 0 Å². The fourth-order valence-corrected chi connectivity index (χ4v) is 2.55. The number of rotatable bonds is 4. The van der Waals surface area contributed by atoms with Crippen molar-refractivity contribution in [3.63, 3.8) is 0 Å². The molecule has 1 aromatic carbocycles. The first-order valence-corrected chi connectivity index (χ1v) is 6.74. The summed E-state index contributed by atoms with van der Waals surface area (Å²) in [4.78, 5) is 15.6. The number of carboxylic acid groups (broad SMARTS) is 1. The molecule has 5 heteroatoms. The lowest BCUT2D eigenvalue weighted by atomic mass is 10.1. The third-order valence-corrected chi connectivity index (χ3v) is 3.82. The van der Waals surface area contributed by atoms with E-state index in [9.17, 15) is 4.79 Å². The average Bonchev–Trinajstić information content (AvgIpc) is 2.76. The van der Waals surface area contributed by atoms with E-state index in [1.807, 2.05) is 24.3 Å². The van der Waals surface area contributed by atoms with E-state index in [0.717, 1.165) is 15.8 Å². The van der Waals surface area contributed by atoms with Gasteiger partial charge in [0.05, 0.1) is 5.51 Å². The number of nitrogens with zero attached hydrogens (tertiary/aromatic N) is 1. The summed E-state index contributed by atoms with van der Waals surface area (Å²) in [5.41, 5.74) is 2.96. The standard InChI is InChI=1S/C12H10BrNO2S/c13-9-4-1-8(2-5-9)3-6-10-11(12(15)16)14-7-17-10/h1-2,4-5,7H,3,6H2,(H,15,16). The van der Waals surface area contributed by atoms with Gasteiger partial charge in [0.2, 0.25) is 0 Å². The molecule has 0 fully saturated rings. The fraction of sp³-hybridized carbons (Fsp3) is 0.167. The van der Waals surface area contributed by atoms with Crippen molar-refractivity contribution < 1.29 is 9.90 Å². The number of aromatic carboxylic acids is 1. The number of carbonyl (C=O) groups is 1. The zero-order valence-electron chi connectivity index (χ0n) is 8.89. The normalized spacial score (nSPS) is 10.4. The minimum Gasteiger partial charge on any atom is -0.476 e. The summed E-state index contributed by atoms with van der Waals surface area (Å²) in [5, 5.41) is 8.93. The van der Waals surface area contributed by atoms with E-state index in [-0.39, 0.29) is 5.69 Å². The Hall–Kier alpha value is -1.20. The van der Waals surface area contributed by atoms with Gasteiger partial charge in [-0.25, -0.2) is 9.78 Å². The molecule has 1 heterocycles. The summed E-state index contributed by atoms with van der Waals surface area (Å²) < 4.78 is 1.05. The predicted molar refractivity (Wildman–Crippen MR) is 70.6 cm³/mol. The monoisotopic (exact) mass is 311 g/mol. The maximum absolute atomic E-state index is 10.9. The quantitative estimate of drug-likeness (QED) is 0.941. The SMILES string of the molecule is O=C(O)c1ncsc1CCc1ccc(Br)cc1. The number of aromatic nitrogens is 1. The minimum absolute atomic E-state index is 0.187. The van der Waals surface area contributed by atoms with Crippen molar-refractivity contribution in [2.75, 3.05) is 0 Å². The highest BCUT2D eigenvalue weighted by Crippen LogP contribution is 2.17. The second kappa shape index (κ2) is 5.42. The Balaban J connectivity index is 2.05. The van der Waals surface area contributed by atoms with Gasteiger partial charge in [0.1, 0.15) is 0 Å². The average molecular weight is 312 g/mol. The number of aryl methyl sites for hydroxylation is 2. The number of hydrogen-bond acceptors (Lipinski definition) is 3. The van der Waals surface area contributed by atoms with E-state index in [2.05, 4.69) is 20.9 Å². The van der Waals surface area contributed by atoms with E-state index in [4.69, 9.17) is 5.11 Å². The third kappa shape index (κ3) is 3.14. The molecule has 0 radical (unpaired) electrons. The van der Waals surface area contributed by atoms with Crippen LogP contribution in [-0.2, 0) is 12.8 Å². The van der Waals surface area contributed by atoms with Gasteiger partial charge in [0.25, 0.3) is 0 Å². The van der Waals surface area contributed by atoms with Gasteiger partial charge < -0.3 is 5.11 Å². The molecule has 0 aliphatic rings. The molecule has 0 unspecified atom stereocenters. The van der Waals surface area contributed by atoms with Gasteiger partial charge in [0, 0.05) is 9.35 Å². The van der Waals surface area contributed by atoms with Crippen molar-refractivity contribution >= 4 is 33.2 Å². The Morgan fingerprint density at radius 3 is 2.65 bits per heavy atom. The topological polar surface area (TPSA) is 50.2 Å². The van der Waals surface area contributed by atoms with Crippen LogP contribution in [0, 0.1) is 0 Å². The van der Waals surface area contributed by atoms with Crippen molar-refractivity contribution in [1.82, 2.24) is 4.98 Å². The maximum atomic E-state index is 10.9. The van der Waals surface area contributed by atoms with E-state index in [1.165, 1.54) is 16.9 Å². The van der Waals surface area contributed by atoms with Gasteiger partial charge in [-0.3, -0.25) is 0 Å².